The van der Waals surface area contributed by atoms with Crippen LogP contribution < -0.4 is 5.32 Å². The molecule has 4 aromatic heterocycles. The number of hydrogen-bond donors (Lipinski definition) is 1. The first-order valence-electron chi connectivity index (χ1n) is 12.0. The van der Waals surface area contributed by atoms with Gasteiger partial charge in [-0.3, -0.25) is 9.88 Å². The van der Waals surface area contributed by atoms with E-state index in [1.165, 1.54) is 26.9 Å². The van der Waals surface area contributed by atoms with Gasteiger partial charge in [-0.1, -0.05) is 24.3 Å². The summed E-state index contributed by atoms with van der Waals surface area (Å²) in [6.07, 6.45) is 7.84. The van der Waals surface area contributed by atoms with Gasteiger partial charge in [-0.05, 0) is 70.9 Å². The van der Waals surface area contributed by atoms with Crippen LogP contribution in [0.5, 0.6) is 0 Å². The molecule has 35 heavy (non-hydrogen) atoms. The molecule has 1 aliphatic heterocycles. The van der Waals surface area contributed by atoms with E-state index in [1.807, 2.05) is 34.3 Å². The Balaban J connectivity index is 1.25. The number of hydrogen-bond acceptors (Lipinski definition) is 6. The number of nitrogens with zero attached hydrogens (tertiary/aromatic N) is 5. The smallest absolute Gasteiger partial charge is 0.171 e. The molecule has 0 bridgehead atoms. The third-order valence-electron chi connectivity index (χ3n) is 6.88. The third-order valence-corrected chi connectivity index (χ3v) is 8.70. The van der Waals surface area contributed by atoms with Crippen molar-refractivity contribution in [3.05, 3.63) is 87.2 Å². The summed E-state index contributed by atoms with van der Waals surface area (Å²) in [5.74, 6) is 1.35. The van der Waals surface area contributed by atoms with Crippen molar-refractivity contribution in [2.24, 2.45) is 0 Å². The highest BCUT2D eigenvalue weighted by molar-refractivity contribution is 9.10. The molecule has 1 unspecified atom stereocenters. The molecule has 8 heteroatoms. The van der Waals surface area contributed by atoms with Gasteiger partial charge in [0.15, 0.2) is 5.65 Å². The van der Waals surface area contributed by atoms with E-state index in [0.717, 1.165) is 53.3 Å². The minimum Gasteiger partial charge on any atom is -0.366 e. The molecule has 0 spiro atoms. The van der Waals surface area contributed by atoms with Gasteiger partial charge in [-0.15, -0.1) is 11.3 Å². The van der Waals surface area contributed by atoms with Crippen molar-refractivity contribution >= 4 is 48.8 Å². The first-order valence-corrected chi connectivity index (χ1v) is 13.6. The quantitative estimate of drug-likeness (QED) is 0.267. The lowest BCUT2D eigenvalue weighted by molar-refractivity contribution is 0.200. The van der Waals surface area contributed by atoms with Crippen LogP contribution in [-0.2, 0) is 13.1 Å². The predicted octanol–water partition coefficient (Wildman–Crippen LogP) is 6.40. The SMILES string of the molecule is Cc1c(CN2CCCC(c3cc(NCc4cccnc4)n4ncc(Br)c4n3)C2)sc2ccccc12. The number of likely N-dealkylation sites (tertiary alicyclic amines) is 1. The van der Waals surface area contributed by atoms with Gasteiger partial charge in [0.1, 0.15) is 5.82 Å². The molecule has 1 aromatic carbocycles. The van der Waals surface area contributed by atoms with Gasteiger partial charge in [0.05, 0.1) is 16.4 Å². The van der Waals surface area contributed by atoms with Gasteiger partial charge < -0.3 is 5.32 Å². The van der Waals surface area contributed by atoms with Crippen LogP contribution in [0.1, 0.15) is 40.5 Å². The van der Waals surface area contributed by atoms with E-state index in [4.69, 9.17) is 4.98 Å². The topological polar surface area (TPSA) is 58.4 Å². The van der Waals surface area contributed by atoms with Gasteiger partial charge in [-0.2, -0.15) is 9.61 Å². The van der Waals surface area contributed by atoms with Crippen molar-refractivity contribution in [2.45, 2.75) is 38.8 Å². The molecule has 178 valence electrons. The number of pyridine rings is 1. The van der Waals surface area contributed by atoms with Crippen LogP contribution in [0.4, 0.5) is 5.82 Å². The van der Waals surface area contributed by atoms with Crippen LogP contribution >= 0.6 is 27.3 Å². The molecular formula is C27H27BrN6S. The van der Waals surface area contributed by atoms with Crippen molar-refractivity contribution in [1.29, 1.82) is 0 Å². The Kier molecular flexibility index (Phi) is 6.26. The van der Waals surface area contributed by atoms with Crippen molar-refractivity contribution in [2.75, 3.05) is 18.4 Å². The van der Waals surface area contributed by atoms with Gasteiger partial charge in [0.25, 0.3) is 0 Å². The van der Waals surface area contributed by atoms with Crippen LogP contribution in [0.15, 0.2) is 65.5 Å². The number of anilines is 1. The number of nitrogens with one attached hydrogen (secondary N) is 1. The highest BCUT2D eigenvalue weighted by atomic mass is 79.9. The fourth-order valence-corrected chi connectivity index (χ4v) is 6.61. The standard InChI is InChI=1S/C27H27BrN6S/c1-18-21-8-2-3-9-24(21)35-25(18)17-33-11-5-7-20(16-33)23-12-26(30-14-19-6-4-10-29-13-19)34-27(32-23)22(28)15-31-34/h2-4,6,8-10,12-13,15,20,30H,5,7,11,14,16-17H2,1H3. The van der Waals surface area contributed by atoms with Gasteiger partial charge in [-0.25, -0.2) is 4.98 Å². The first kappa shape index (κ1) is 22.6. The molecule has 1 aliphatic rings. The number of thiophene rings is 1. The van der Waals surface area contributed by atoms with Crippen LogP contribution in [0.25, 0.3) is 15.7 Å². The average Bonchev–Trinajstić information content (AvgIpc) is 3.43. The Hall–Kier alpha value is -2.81. The summed E-state index contributed by atoms with van der Waals surface area (Å²) >= 11 is 5.58. The van der Waals surface area contributed by atoms with E-state index >= 15 is 0 Å². The predicted molar refractivity (Wildman–Crippen MR) is 146 cm³/mol. The Labute approximate surface area is 217 Å². The fraction of sp³-hybridized carbons (Fsp3) is 0.296. The van der Waals surface area contributed by atoms with E-state index in [1.54, 1.807) is 6.20 Å². The minimum absolute atomic E-state index is 0.393. The lowest BCUT2D eigenvalue weighted by Gasteiger charge is -2.32. The molecule has 0 radical (unpaired) electrons. The van der Waals surface area contributed by atoms with Gasteiger partial charge >= 0.3 is 0 Å². The van der Waals surface area contributed by atoms with Crippen molar-refractivity contribution in [3.63, 3.8) is 0 Å². The summed E-state index contributed by atoms with van der Waals surface area (Å²) in [5.41, 5.74) is 4.55. The van der Waals surface area contributed by atoms with Crippen molar-refractivity contribution in [3.8, 4) is 0 Å². The molecule has 1 fully saturated rings. The molecule has 1 N–H and O–H groups in total. The van der Waals surface area contributed by atoms with E-state index in [2.05, 4.69) is 79.6 Å². The number of aromatic nitrogens is 4. The largest absolute Gasteiger partial charge is 0.366 e. The molecule has 1 saturated heterocycles. The monoisotopic (exact) mass is 546 g/mol. The second-order valence-corrected chi connectivity index (χ2v) is 11.2. The number of benzene rings is 1. The Morgan fingerprint density at radius 2 is 2.09 bits per heavy atom. The Morgan fingerprint density at radius 3 is 2.94 bits per heavy atom. The second kappa shape index (κ2) is 9.68. The zero-order valence-electron chi connectivity index (χ0n) is 19.6. The molecule has 6 rings (SSSR count). The number of aryl methyl sites for hydroxylation is 1. The van der Waals surface area contributed by atoms with Crippen LogP contribution in [-0.4, -0.2) is 37.6 Å². The summed E-state index contributed by atoms with van der Waals surface area (Å²) in [6, 6.07) is 15.0. The normalized spacial score (nSPS) is 16.8. The lowest BCUT2D eigenvalue weighted by atomic mass is 9.94. The zero-order chi connectivity index (χ0) is 23.8. The molecule has 0 saturated carbocycles. The van der Waals surface area contributed by atoms with Crippen molar-refractivity contribution in [1.82, 2.24) is 24.5 Å². The Bertz CT molecular complexity index is 1480. The number of piperidine rings is 1. The molecular weight excluding hydrogens is 520 g/mol. The maximum absolute atomic E-state index is 5.05. The van der Waals surface area contributed by atoms with Gasteiger partial charge in [0.2, 0.25) is 0 Å². The maximum atomic E-state index is 5.05. The molecule has 6 nitrogen and oxygen atoms in total. The lowest BCUT2D eigenvalue weighted by Crippen LogP contribution is -2.34. The fourth-order valence-electron chi connectivity index (χ4n) is 5.00. The summed E-state index contributed by atoms with van der Waals surface area (Å²) in [6.45, 7) is 6.11. The minimum atomic E-state index is 0.393. The van der Waals surface area contributed by atoms with Gasteiger partial charge in [0, 0.05) is 53.6 Å². The Morgan fingerprint density at radius 1 is 1.17 bits per heavy atom. The van der Waals surface area contributed by atoms with Crippen LogP contribution in [0.3, 0.4) is 0 Å². The molecule has 5 aromatic rings. The first-order chi connectivity index (χ1) is 17.2. The molecule has 0 aliphatic carbocycles. The van der Waals surface area contributed by atoms with E-state index < -0.39 is 0 Å². The van der Waals surface area contributed by atoms with E-state index in [0.29, 0.717) is 12.5 Å². The van der Waals surface area contributed by atoms with Crippen LogP contribution in [0.2, 0.25) is 0 Å². The number of rotatable bonds is 6. The summed E-state index contributed by atoms with van der Waals surface area (Å²) < 4.78 is 4.18. The second-order valence-electron chi connectivity index (χ2n) is 9.23. The summed E-state index contributed by atoms with van der Waals surface area (Å²) in [7, 11) is 0. The summed E-state index contributed by atoms with van der Waals surface area (Å²) in [5, 5.41) is 9.49. The molecule has 5 heterocycles. The van der Waals surface area contributed by atoms with E-state index in [-0.39, 0.29) is 0 Å². The van der Waals surface area contributed by atoms with E-state index in [9.17, 15) is 0 Å². The maximum Gasteiger partial charge on any atom is 0.171 e. The third kappa shape index (κ3) is 4.58. The average molecular weight is 548 g/mol. The number of halogens is 1. The number of fused-ring (bicyclic) bond motifs is 2. The molecule has 0 amide bonds. The zero-order valence-corrected chi connectivity index (χ0v) is 22.0. The molecule has 1 atom stereocenters. The highest BCUT2D eigenvalue weighted by Crippen LogP contribution is 2.34. The summed E-state index contributed by atoms with van der Waals surface area (Å²) in [4.78, 5) is 13.4. The van der Waals surface area contributed by atoms with Crippen molar-refractivity contribution < 1.29 is 0 Å². The van der Waals surface area contributed by atoms with Crippen LogP contribution in [0, 0.1) is 6.92 Å². The highest BCUT2D eigenvalue weighted by Gasteiger charge is 2.25.